The van der Waals surface area contributed by atoms with Gasteiger partial charge in [0.25, 0.3) is 0 Å². The maximum atomic E-state index is 9.79. The zero-order chi connectivity index (χ0) is 14.7. The molecule has 0 aliphatic heterocycles. The number of hydrogen-bond donors (Lipinski definition) is 6. The molecule has 0 aromatic rings. The van der Waals surface area contributed by atoms with Gasteiger partial charge in [0.15, 0.2) is 11.9 Å². The number of aliphatic carboxylic acids is 2. The van der Waals surface area contributed by atoms with E-state index in [0.29, 0.717) is 0 Å². The van der Waals surface area contributed by atoms with Gasteiger partial charge in [-0.3, -0.25) is 25.7 Å². The lowest BCUT2D eigenvalue weighted by molar-refractivity contribution is -0.138. The first kappa shape index (κ1) is 18.1. The van der Waals surface area contributed by atoms with Crippen molar-refractivity contribution < 1.29 is 19.8 Å². The molecule has 0 atom stereocenters. The van der Waals surface area contributed by atoms with Crippen molar-refractivity contribution in [2.24, 2.45) is 5.73 Å². The molecule has 0 aromatic heterocycles. The van der Waals surface area contributed by atoms with Crippen LogP contribution in [0.5, 0.6) is 0 Å². The Hall–Kier alpha value is -2.32. The summed E-state index contributed by atoms with van der Waals surface area (Å²) in [6.45, 7) is 0. The highest BCUT2D eigenvalue weighted by Crippen LogP contribution is 1.93. The van der Waals surface area contributed by atoms with Crippen molar-refractivity contribution in [3.05, 3.63) is 0 Å². The lowest BCUT2D eigenvalue weighted by Gasteiger charge is -2.13. The van der Waals surface area contributed by atoms with Gasteiger partial charge < -0.3 is 20.8 Å². The fraction of sp³-hybridized carbons (Fsp3) is 0.556. The van der Waals surface area contributed by atoms with Crippen LogP contribution in [0.3, 0.4) is 0 Å². The number of nitrogens with two attached hydrogens (primary N) is 1. The van der Waals surface area contributed by atoms with Gasteiger partial charge in [-0.15, -0.1) is 0 Å². The average molecular weight is 261 g/mol. The van der Waals surface area contributed by atoms with Crippen LogP contribution in [0.15, 0.2) is 0 Å². The van der Waals surface area contributed by atoms with Crippen molar-refractivity contribution in [2.45, 2.75) is 19.3 Å². The molecule has 0 spiro atoms. The first-order valence-corrected chi connectivity index (χ1v) is 4.97. The second-order valence-corrected chi connectivity index (χ2v) is 3.42. The van der Waals surface area contributed by atoms with Gasteiger partial charge in [-0.25, -0.2) is 0 Å². The number of carbonyl (C=O) groups is 2. The number of carboxylic acid groups (broad SMARTS) is 2. The predicted molar refractivity (Wildman–Crippen MR) is 65.6 cm³/mol. The Kier molecular flexibility index (Phi) is 9.91. The highest BCUT2D eigenvalue weighted by molar-refractivity contribution is 5.94. The number of nitrogens with one attached hydrogen (secondary N) is 3. The molecule has 0 aliphatic rings. The molecule has 104 valence electrons. The van der Waals surface area contributed by atoms with Crippen molar-refractivity contribution in [3.8, 4) is 0 Å². The Balaban J connectivity index is 0. The zero-order valence-corrected chi connectivity index (χ0v) is 10.4. The molecule has 7 N–H and O–H groups in total. The summed E-state index contributed by atoms with van der Waals surface area (Å²) in [4.78, 5) is 21.1. The summed E-state index contributed by atoms with van der Waals surface area (Å²) in [5.74, 6) is -2.00. The van der Waals surface area contributed by atoms with Crippen molar-refractivity contribution in [1.29, 1.82) is 10.8 Å². The summed E-state index contributed by atoms with van der Waals surface area (Å²) in [7, 11) is 3.39. The number of nitrogens with zero attached hydrogens (tertiary/aromatic N) is 1. The number of guanidine groups is 2. The molecule has 0 unspecified atom stereocenters. The third-order valence-corrected chi connectivity index (χ3v) is 1.48. The van der Waals surface area contributed by atoms with Gasteiger partial charge in [-0.05, 0) is 6.42 Å². The first-order valence-electron chi connectivity index (χ1n) is 4.97. The Morgan fingerprint density at radius 2 is 1.56 bits per heavy atom. The molecule has 0 saturated carbocycles. The fourth-order valence-electron chi connectivity index (χ4n) is 0.630. The molecule has 0 radical (unpaired) electrons. The van der Waals surface area contributed by atoms with Gasteiger partial charge in [0.1, 0.15) is 0 Å². The third-order valence-electron chi connectivity index (χ3n) is 1.48. The SMILES string of the molecule is CN(C)C(=N)NC(=N)N.O=C(O)CCCC(=O)O. The van der Waals surface area contributed by atoms with Gasteiger partial charge in [-0.2, -0.15) is 0 Å². The summed E-state index contributed by atoms with van der Waals surface area (Å²) >= 11 is 0. The molecule has 0 fully saturated rings. The van der Waals surface area contributed by atoms with E-state index in [9.17, 15) is 9.59 Å². The van der Waals surface area contributed by atoms with Crippen LogP contribution in [0.1, 0.15) is 19.3 Å². The van der Waals surface area contributed by atoms with E-state index in [1.165, 1.54) is 4.90 Å². The van der Waals surface area contributed by atoms with Crippen molar-refractivity contribution in [3.63, 3.8) is 0 Å². The number of hydrogen-bond acceptors (Lipinski definition) is 4. The third kappa shape index (κ3) is 16.1. The first-order chi connectivity index (χ1) is 8.16. The Morgan fingerprint density at radius 1 is 1.17 bits per heavy atom. The molecule has 0 saturated heterocycles. The molecule has 0 aromatic carbocycles. The van der Waals surface area contributed by atoms with Crippen LogP contribution in [0.25, 0.3) is 0 Å². The largest absolute Gasteiger partial charge is 0.481 e. The van der Waals surface area contributed by atoms with Gasteiger partial charge in [0.05, 0.1) is 0 Å². The average Bonchev–Trinajstić information content (AvgIpc) is 2.15. The Morgan fingerprint density at radius 3 is 1.72 bits per heavy atom. The summed E-state index contributed by atoms with van der Waals surface area (Å²) in [6.07, 6.45) is 0.0866. The summed E-state index contributed by atoms with van der Waals surface area (Å²) in [5, 5.41) is 32.2. The van der Waals surface area contributed by atoms with Crippen LogP contribution in [0, 0.1) is 10.8 Å². The molecule has 0 bridgehead atoms. The molecule has 0 heterocycles. The summed E-state index contributed by atoms with van der Waals surface area (Å²) < 4.78 is 0. The zero-order valence-electron chi connectivity index (χ0n) is 10.4. The molecule has 9 heteroatoms. The lowest BCUT2D eigenvalue weighted by atomic mass is 10.2. The van der Waals surface area contributed by atoms with Gasteiger partial charge in [0.2, 0.25) is 0 Å². The molecule has 18 heavy (non-hydrogen) atoms. The van der Waals surface area contributed by atoms with Crippen LogP contribution >= 0.6 is 0 Å². The predicted octanol–water partition coefficient (Wildman–Crippen LogP) is -0.708. The second-order valence-electron chi connectivity index (χ2n) is 3.42. The van der Waals surface area contributed by atoms with E-state index in [0.717, 1.165) is 0 Å². The van der Waals surface area contributed by atoms with E-state index in [1.54, 1.807) is 14.1 Å². The normalized spacial score (nSPS) is 8.56. The highest BCUT2D eigenvalue weighted by atomic mass is 16.4. The molecule has 9 nitrogen and oxygen atoms in total. The van der Waals surface area contributed by atoms with E-state index in [-0.39, 0.29) is 31.2 Å². The lowest BCUT2D eigenvalue weighted by Crippen LogP contribution is -2.42. The summed E-state index contributed by atoms with van der Waals surface area (Å²) in [5.41, 5.74) is 4.94. The fourth-order valence-corrected chi connectivity index (χ4v) is 0.630. The van der Waals surface area contributed by atoms with Crippen molar-refractivity contribution >= 4 is 23.9 Å². The maximum Gasteiger partial charge on any atom is 0.303 e. The van der Waals surface area contributed by atoms with Gasteiger partial charge in [0, 0.05) is 26.9 Å². The maximum absolute atomic E-state index is 9.79. The minimum Gasteiger partial charge on any atom is -0.481 e. The minimum absolute atomic E-state index is 0.0632. The minimum atomic E-state index is -0.948. The van der Waals surface area contributed by atoms with E-state index in [1.807, 2.05) is 0 Å². The molecule has 0 amide bonds. The Bertz CT molecular complexity index is 302. The van der Waals surface area contributed by atoms with E-state index >= 15 is 0 Å². The Labute approximate surface area is 105 Å². The van der Waals surface area contributed by atoms with E-state index in [2.05, 4.69) is 5.32 Å². The quantitative estimate of drug-likeness (QED) is 0.287. The molecule has 0 rings (SSSR count). The van der Waals surface area contributed by atoms with Crippen LogP contribution in [0.4, 0.5) is 0 Å². The van der Waals surface area contributed by atoms with E-state index in [4.69, 9.17) is 26.8 Å². The topological polar surface area (TPSA) is 164 Å². The van der Waals surface area contributed by atoms with E-state index < -0.39 is 11.9 Å². The van der Waals surface area contributed by atoms with Gasteiger partial charge >= 0.3 is 11.9 Å². The van der Waals surface area contributed by atoms with Crippen LogP contribution < -0.4 is 11.1 Å². The van der Waals surface area contributed by atoms with Crippen LogP contribution in [0.2, 0.25) is 0 Å². The van der Waals surface area contributed by atoms with Gasteiger partial charge in [-0.1, -0.05) is 0 Å². The molecule has 0 aliphatic carbocycles. The standard InChI is InChI=1S/C5H8O4.C4H11N5/c6-4(7)2-1-3-5(8)9;1-9(2)4(7)8-3(5)6/h1-3H2,(H,6,7)(H,8,9);1-2H3,(H5,5,6,7,8). The number of rotatable bonds is 4. The highest BCUT2D eigenvalue weighted by Gasteiger charge is 1.99. The summed E-state index contributed by atoms with van der Waals surface area (Å²) in [6, 6.07) is 0. The van der Waals surface area contributed by atoms with Crippen molar-refractivity contribution in [1.82, 2.24) is 10.2 Å². The van der Waals surface area contributed by atoms with Crippen molar-refractivity contribution in [2.75, 3.05) is 14.1 Å². The molecular weight excluding hydrogens is 242 g/mol. The molecular formula is C9H19N5O4. The smallest absolute Gasteiger partial charge is 0.303 e. The van der Waals surface area contributed by atoms with Crippen LogP contribution in [-0.2, 0) is 9.59 Å². The number of carboxylic acids is 2. The second kappa shape index (κ2) is 9.87. The van der Waals surface area contributed by atoms with Crippen LogP contribution in [-0.4, -0.2) is 53.1 Å². The monoisotopic (exact) mass is 261 g/mol.